The fourth-order valence-electron chi connectivity index (χ4n) is 1.43. The molecule has 1 aromatic carbocycles. The van der Waals surface area contributed by atoms with Crippen LogP contribution in [-0.2, 0) is 6.42 Å². The smallest absolute Gasteiger partial charge is 0.247 e. The van der Waals surface area contributed by atoms with E-state index in [2.05, 4.69) is 26.1 Å². The van der Waals surface area contributed by atoms with E-state index in [1.54, 1.807) is 7.11 Å². The third-order valence-corrected chi connectivity index (χ3v) is 3.08. The number of hydrogen-bond acceptors (Lipinski definition) is 3. The molecule has 0 fully saturated rings. The van der Waals surface area contributed by atoms with Crippen LogP contribution < -0.4 is 4.74 Å². The van der Waals surface area contributed by atoms with Crippen molar-refractivity contribution < 1.29 is 4.74 Å². The maximum Gasteiger partial charge on any atom is 0.247 e. The van der Waals surface area contributed by atoms with Gasteiger partial charge in [-0.25, -0.2) is 0 Å². The molecule has 0 bridgehead atoms. The molecular weight excluding hydrogens is 304 g/mol. The molecule has 0 saturated heterocycles. The van der Waals surface area contributed by atoms with Gasteiger partial charge in [-0.15, -0.1) is 5.10 Å². The molecule has 0 unspecified atom stereocenters. The van der Waals surface area contributed by atoms with Crippen molar-refractivity contribution in [3.8, 4) is 5.88 Å². The first kappa shape index (κ1) is 12.3. The molecule has 17 heavy (non-hydrogen) atoms. The zero-order valence-electron chi connectivity index (χ0n) is 9.15. The van der Waals surface area contributed by atoms with Crippen molar-refractivity contribution in [1.82, 2.24) is 10.2 Å². The number of hydrogen-bond donors (Lipinski definition) is 0. The van der Waals surface area contributed by atoms with Gasteiger partial charge in [0.25, 0.3) is 0 Å². The highest BCUT2D eigenvalue weighted by Crippen LogP contribution is 2.22. The third-order valence-electron chi connectivity index (χ3n) is 2.26. The summed E-state index contributed by atoms with van der Waals surface area (Å²) in [6, 6.07) is 9.58. The van der Waals surface area contributed by atoms with Gasteiger partial charge in [-0.1, -0.05) is 23.7 Å². The Labute approximate surface area is 113 Å². The Morgan fingerprint density at radius 3 is 2.53 bits per heavy atom. The number of rotatable bonds is 3. The molecule has 1 aromatic heterocycles. The summed E-state index contributed by atoms with van der Waals surface area (Å²) in [5.74, 6) is 0.491. The second-order valence-electron chi connectivity index (χ2n) is 3.50. The van der Waals surface area contributed by atoms with Crippen LogP contribution in [0.15, 0.2) is 34.8 Å². The standard InChI is InChI=1S/C12H10BrClN2O/c1-17-12-11(13)7-10(15-16-12)6-8-2-4-9(14)5-3-8/h2-5,7H,6H2,1H3. The van der Waals surface area contributed by atoms with E-state index in [4.69, 9.17) is 16.3 Å². The molecular formula is C12H10BrClN2O. The SMILES string of the molecule is COc1nnc(Cc2ccc(Cl)cc2)cc1Br. The largest absolute Gasteiger partial charge is 0.479 e. The lowest BCUT2D eigenvalue weighted by Crippen LogP contribution is -1.98. The predicted octanol–water partition coefficient (Wildman–Crippen LogP) is 3.49. The lowest BCUT2D eigenvalue weighted by Gasteiger charge is -2.04. The lowest BCUT2D eigenvalue weighted by molar-refractivity contribution is 0.388. The van der Waals surface area contributed by atoms with Crippen LogP contribution in [0, 0.1) is 0 Å². The zero-order chi connectivity index (χ0) is 12.3. The second-order valence-corrected chi connectivity index (χ2v) is 4.79. The maximum absolute atomic E-state index is 5.83. The van der Waals surface area contributed by atoms with E-state index in [1.165, 1.54) is 0 Å². The topological polar surface area (TPSA) is 35.0 Å². The quantitative estimate of drug-likeness (QED) is 0.870. The van der Waals surface area contributed by atoms with Crippen LogP contribution in [0.5, 0.6) is 5.88 Å². The highest BCUT2D eigenvalue weighted by molar-refractivity contribution is 9.10. The Balaban J connectivity index is 2.19. The van der Waals surface area contributed by atoms with Crippen molar-refractivity contribution in [2.45, 2.75) is 6.42 Å². The van der Waals surface area contributed by atoms with Crippen molar-refractivity contribution in [2.75, 3.05) is 7.11 Å². The van der Waals surface area contributed by atoms with Gasteiger partial charge in [-0.3, -0.25) is 0 Å². The highest BCUT2D eigenvalue weighted by atomic mass is 79.9. The number of ether oxygens (including phenoxy) is 1. The van der Waals surface area contributed by atoms with Gasteiger partial charge < -0.3 is 4.74 Å². The Morgan fingerprint density at radius 2 is 1.94 bits per heavy atom. The molecule has 2 aromatic rings. The normalized spacial score (nSPS) is 10.3. The molecule has 0 saturated carbocycles. The predicted molar refractivity (Wildman–Crippen MR) is 70.5 cm³/mol. The van der Waals surface area contributed by atoms with Crippen LogP contribution in [-0.4, -0.2) is 17.3 Å². The first-order chi connectivity index (χ1) is 8.19. The summed E-state index contributed by atoms with van der Waals surface area (Å²) < 4.78 is 5.83. The Hall–Kier alpha value is -1.13. The molecule has 0 N–H and O–H groups in total. The fourth-order valence-corrected chi connectivity index (χ4v) is 2.06. The van der Waals surface area contributed by atoms with Gasteiger partial charge >= 0.3 is 0 Å². The van der Waals surface area contributed by atoms with Gasteiger partial charge in [-0.05, 0) is 39.7 Å². The minimum Gasteiger partial charge on any atom is -0.479 e. The van der Waals surface area contributed by atoms with Gasteiger partial charge in [0, 0.05) is 11.4 Å². The summed E-state index contributed by atoms with van der Waals surface area (Å²) in [5, 5.41) is 8.79. The van der Waals surface area contributed by atoms with E-state index >= 15 is 0 Å². The summed E-state index contributed by atoms with van der Waals surface area (Å²) >= 11 is 9.21. The lowest BCUT2D eigenvalue weighted by atomic mass is 10.1. The van der Waals surface area contributed by atoms with E-state index < -0.39 is 0 Å². The maximum atomic E-state index is 5.83. The molecule has 5 heteroatoms. The minimum atomic E-state index is 0.491. The third kappa shape index (κ3) is 3.17. The molecule has 0 amide bonds. The molecule has 0 spiro atoms. The molecule has 0 aliphatic heterocycles. The van der Waals surface area contributed by atoms with Crippen LogP contribution >= 0.6 is 27.5 Å². The summed E-state index contributed by atoms with van der Waals surface area (Å²) in [6.07, 6.45) is 0.715. The Morgan fingerprint density at radius 1 is 1.24 bits per heavy atom. The van der Waals surface area contributed by atoms with Gasteiger partial charge in [0.15, 0.2) is 0 Å². The van der Waals surface area contributed by atoms with Crippen molar-refractivity contribution in [1.29, 1.82) is 0 Å². The summed E-state index contributed by atoms with van der Waals surface area (Å²) in [5.41, 5.74) is 2.01. The number of benzene rings is 1. The molecule has 2 rings (SSSR count). The van der Waals surface area contributed by atoms with Crippen molar-refractivity contribution in [3.05, 3.63) is 51.1 Å². The summed E-state index contributed by atoms with van der Waals surface area (Å²) in [6.45, 7) is 0. The summed E-state index contributed by atoms with van der Waals surface area (Å²) in [7, 11) is 1.56. The average Bonchev–Trinajstić information content (AvgIpc) is 2.32. The van der Waals surface area contributed by atoms with Crippen molar-refractivity contribution >= 4 is 27.5 Å². The number of aromatic nitrogens is 2. The van der Waals surface area contributed by atoms with Gasteiger partial charge in [0.1, 0.15) is 0 Å². The van der Waals surface area contributed by atoms with Crippen molar-refractivity contribution in [3.63, 3.8) is 0 Å². The van der Waals surface area contributed by atoms with Crippen LogP contribution in [0.2, 0.25) is 5.02 Å². The van der Waals surface area contributed by atoms with Gasteiger partial charge in [-0.2, -0.15) is 5.10 Å². The molecule has 0 aliphatic rings. The molecule has 0 aliphatic carbocycles. The highest BCUT2D eigenvalue weighted by Gasteiger charge is 2.05. The molecule has 1 heterocycles. The fraction of sp³-hybridized carbons (Fsp3) is 0.167. The van der Waals surface area contributed by atoms with Crippen LogP contribution in [0.4, 0.5) is 0 Å². The van der Waals surface area contributed by atoms with E-state index in [9.17, 15) is 0 Å². The van der Waals surface area contributed by atoms with E-state index in [0.29, 0.717) is 12.3 Å². The Kier molecular flexibility index (Phi) is 3.97. The number of halogens is 2. The molecule has 88 valence electrons. The molecule has 0 radical (unpaired) electrons. The average molecular weight is 314 g/mol. The Bertz CT molecular complexity index is 516. The first-order valence-corrected chi connectivity index (χ1v) is 6.16. The zero-order valence-corrected chi connectivity index (χ0v) is 11.5. The van der Waals surface area contributed by atoms with Gasteiger partial charge in [0.2, 0.25) is 5.88 Å². The first-order valence-electron chi connectivity index (χ1n) is 4.99. The monoisotopic (exact) mass is 312 g/mol. The van der Waals surface area contributed by atoms with Crippen LogP contribution in [0.1, 0.15) is 11.3 Å². The molecule has 0 atom stereocenters. The molecule has 3 nitrogen and oxygen atoms in total. The van der Waals surface area contributed by atoms with Crippen LogP contribution in [0.3, 0.4) is 0 Å². The number of methoxy groups -OCH3 is 1. The summed E-state index contributed by atoms with van der Waals surface area (Å²) in [4.78, 5) is 0. The van der Waals surface area contributed by atoms with E-state index in [-0.39, 0.29) is 0 Å². The second kappa shape index (κ2) is 5.47. The minimum absolute atomic E-state index is 0.491. The van der Waals surface area contributed by atoms with E-state index in [0.717, 1.165) is 20.8 Å². The van der Waals surface area contributed by atoms with Crippen molar-refractivity contribution in [2.24, 2.45) is 0 Å². The number of nitrogens with zero attached hydrogens (tertiary/aromatic N) is 2. The van der Waals surface area contributed by atoms with E-state index in [1.807, 2.05) is 30.3 Å². The van der Waals surface area contributed by atoms with Crippen LogP contribution in [0.25, 0.3) is 0 Å². The van der Waals surface area contributed by atoms with Gasteiger partial charge in [0.05, 0.1) is 17.3 Å².